The number of hydrogen-bond donors (Lipinski definition) is 0. The SMILES string of the molecule is C(=C\c1ccccc1)/CN1CCN(C(c2ccnc3ccccc23)c2nnnn2-c2ccc3c(c2)OCCO3)CC1. The van der Waals surface area contributed by atoms with Gasteiger partial charge in [0.05, 0.1) is 17.2 Å². The van der Waals surface area contributed by atoms with E-state index in [1.54, 1.807) is 0 Å². The fourth-order valence-electron chi connectivity index (χ4n) is 5.67. The average Bonchev–Trinajstić information content (AvgIpc) is 3.52. The fourth-order valence-corrected chi connectivity index (χ4v) is 5.67. The number of piperazine rings is 1. The van der Waals surface area contributed by atoms with Crippen molar-refractivity contribution in [3.63, 3.8) is 0 Å². The van der Waals surface area contributed by atoms with Crippen LogP contribution in [-0.4, -0.2) is 80.9 Å². The van der Waals surface area contributed by atoms with Crippen molar-refractivity contribution in [3.05, 3.63) is 108 Å². The van der Waals surface area contributed by atoms with Crippen molar-refractivity contribution in [3.8, 4) is 17.2 Å². The van der Waals surface area contributed by atoms with Crippen LogP contribution < -0.4 is 9.47 Å². The molecule has 0 saturated carbocycles. The molecule has 0 bridgehead atoms. The highest BCUT2D eigenvalue weighted by atomic mass is 16.6. The molecule has 5 aromatic rings. The highest BCUT2D eigenvalue weighted by Crippen LogP contribution is 2.36. The first-order valence-electron chi connectivity index (χ1n) is 14.0. The van der Waals surface area contributed by atoms with Gasteiger partial charge in [-0.2, -0.15) is 4.68 Å². The van der Waals surface area contributed by atoms with Gasteiger partial charge in [0.2, 0.25) is 0 Å². The van der Waals surface area contributed by atoms with Crippen molar-refractivity contribution < 1.29 is 9.47 Å². The third-order valence-electron chi connectivity index (χ3n) is 7.73. The number of fused-ring (bicyclic) bond motifs is 2. The smallest absolute Gasteiger partial charge is 0.178 e. The molecule has 1 unspecified atom stereocenters. The maximum Gasteiger partial charge on any atom is 0.178 e. The summed E-state index contributed by atoms with van der Waals surface area (Å²) in [6.07, 6.45) is 6.33. The number of benzene rings is 3. The monoisotopic (exact) mass is 545 g/mol. The minimum atomic E-state index is -0.159. The first-order chi connectivity index (χ1) is 20.3. The van der Waals surface area contributed by atoms with Crippen LogP contribution in [0, 0.1) is 0 Å². The lowest BCUT2D eigenvalue weighted by Crippen LogP contribution is -2.48. The Hall–Kier alpha value is -4.60. The lowest BCUT2D eigenvalue weighted by atomic mass is 9.99. The molecule has 0 N–H and O–H groups in total. The average molecular weight is 546 g/mol. The zero-order valence-corrected chi connectivity index (χ0v) is 22.7. The Bertz CT molecular complexity index is 1660. The largest absolute Gasteiger partial charge is 0.486 e. The maximum atomic E-state index is 5.86. The van der Waals surface area contributed by atoms with Gasteiger partial charge in [-0.15, -0.1) is 5.10 Å². The number of tetrazole rings is 1. The van der Waals surface area contributed by atoms with Crippen LogP contribution in [0.25, 0.3) is 22.7 Å². The first kappa shape index (κ1) is 25.4. The summed E-state index contributed by atoms with van der Waals surface area (Å²) in [6, 6.07) is 26.5. The lowest BCUT2D eigenvalue weighted by Gasteiger charge is -2.38. The summed E-state index contributed by atoms with van der Waals surface area (Å²) >= 11 is 0. The molecule has 4 heterocycles. The molecular formula is C32H31N7O2. The Morgan fingerprint density at radius 3 is 2.51 bits per heavy atom. The predicted molar refractivity (Wildman–Crippen MR) is 157 cm³/mol. The molecule has 0 spiro atoms. The van der Waals surface area contributed by atoms with E-state index < -0.39 is 0 Å². The second-order valence-corrected chi connectivity index (χ2v) is 10.2. The summed E-state index contributed by atoms with van der Waals surface area (Å²) in [4.78, 5) is 9.60. The summed E-state index contributed by atoms with van der Waals surface area (Å²) in [5.41, 5.74) is 4.16. The number of para-hydroxylation sites is 1. The highest BCUT2D eigenvalue weighted by molar-refractivity contribution is 5.82. The van der Waals surface area contributed by atoms with E-state index in [4.69, 9.17) is 9.47 Å². The molecular weight excluding hydrogens is 514 g/mol. The van der Waals surface area contributed by atoms with Crippen LogP contribution >= 0.6 is 0 Å². The Kier molecular flexibility index (Phi) is 7.11. The van der Waals surface area contributed by atoms with Crippen LogP contribution in [0.1, 0.15) is 23.0 Å². The standard InChI is InChI=1S/C32H31N7O2/c1-2-7-24(8-3-1)9-6-16-37-17-19-38(20-18-37)31(27-14-15-33-28-11-5-4-10-26(27)28)32-34-35-36-39(32)25-12-13-29-30(23-25)41-22-21-40-29/h1-15,23,31H,16-22H2/b9-6+. The molecule has 9 heteroatoms. The number of pyridine rings is 1. The van der Waals surface area contributed by atoms with Crippen molar-refractivity contribution in [2.45, 2.75) is 6.04 Å². The maximum absolute atomic E-state index is 5.86. The van der Waals surface area contributed by atoms with Gasteiger partial charge in [-0.3, -0.25) is 14.8 Å². The van der Waals surface area contributed by atoms with Crippen LogP contribution in [0.15, 0.2) is 91.1 Å². The molecule has 0 aliphatic carbocycles. The molecule has 7 rings (SSSR count). The summed E-state index contributed by atoms with van der Waals surface area (Å²) < 4.78 is 13.4. The van der Waals surface area contributed by atoms with E-state index in [0.29, 0.717) is 19.0 Å². The number of hydrogen-bond acceptors (Lipinski definition) is 8. The Balaban J connectivity index is 1.20. The van der Waals surface area contributed by atoms with Crippen molar-refractivity contribution in [2.24, 2.45) is 0 Å². The van der Waals surface area contributed by atoms with Crippen LogP contribution in [0.4, 0.5) is 0 Å². The summed E-state index contributed by atoms with van der Waals surface area (Å²) in [5, 5.41) is 14.3. The summed E-state index contributed by atoms with van der Waals surface area (Å²) in [7, 11) is 0. The van der Waals surface area contributed by atoms with E-state index in [0.717, 1.165) is 66.5 Å². The highest BCUT2D eigenvalue weighted by Gasteiger charge is 2.32. The molecule has 0 radical (unpaired) electrons. The Morgan fingerprint density at radius 2 is 1.63 bits per heavy atom. The minimum Gasteiger partial charge on any atom is -0.486 e. The van der Waals surface area contributed by atoms with Crippen LogP contribution in [-0.2, 0) is 0 Å². The van der Waals surface area contributed by atoms with Gasteiger partial charge in [0, 0.05) is 50.4 Å². The number of aromatic nitrogens is 5. The van der Waals surface area contributed by atoms with Crippen LogP contribution in [0.2, 0.25) is 0 Å². The topological polar surface area (TPSA) is 81.4 Å². The van der Waals surface area contributed by atoms with Gasteiger partial charge in [0.25, 0.3) is 0 Å². The number of nitrogens with zero attached hydrogens (tertiary/aromatic N) is 7. The van der Waals surface area contributed by atoms with Gasteiger partial charge in [-0.25, -0.2) is 0 Å². The number of rotatable bonds is 7. The quantitative estimate of drug-likeness (QED) is 0.298. The molecule has 1 saturated heterocycles. The van der Waals surface area contributed by atoms with Gasteiger partial charge in [-0.05, 0) is 45.8 Å². The third-order valence-corrected chi connectivity index (χ3v) is 7.73. The molecule has 3 aromatic carbocycles. The fraction of sp³-hybridized carbons (Fsp3) is 0.250. The molecule has 9 nitrogen and oxygen atoms in total. The number of ether oxygens (including phenoxy) is 2. The molecule has 41 heavy (non-hydrogen) atoms. The molecule has 1 fully saturated rings. The van der Waals surface area contributed by atoms with Crippen LogP contribution in [0.5, 0.6) is 11.5 Å². The van der Waals surface area contributed by atoms with Crippen molar-refractivity contribution >= 4 is 17.0 Å². The molecule has 1 atom stereocenters. The molecule has 0 amide bonds. The van der Waals surface area contributed by atoms with Gasteiger partial charge < -0.3 is 9.47 Å². The molecule has 2 aromatic heterocycles. The summed E-state index contributed by atoms with van der Waals surface area (Å²) in [6.45, 7) is 5.65. The second-order valence-electron chi connectivity index (χ2n) is 10.2. The molecule has 2 aliphatic heterocycles. The van der Waals surface area contributed by atoms with E-state index in [-0.39, 0.29) is 6.04 Å². The Labute approximate surface area is 238 Å². The molecule has 2 aliphatic rings. The van der Waals surface area contributed by atoms with Crippen molar-refractivity contribution in [1.29, 1.82) is 0 Å². The normalized spacial score (nSPS) is 16.8. The molecule has 206 valence electrons. The van der Waals surface area contributed by atoms with Gasteiger partial charge in [-0.1, -0.05) is 60.7 Å². The van der Waals surface area contributed by atoms with Crippen LogP contribution in [0.3, 0.4) is 0 Å². The summed E-state index contributed by atoms with van der Waals surface area (Å²) in [5.74, 6) is 2.21. The van der Waals surface area contributed by atoms with Crippen molar-refractivity contribution in [2.75, 3.05) is 45.9 Å². The minimum absolute atomic E-state index is 0.159. The lowest BCUT2D eigenvalue weighted by molar-refractivity contribution is 0.114. The second kappa shape index (κ2) is 11.5. The van der Waals surface area contributed by atoms with E-state index >= 15 is 0 Å². The van der Waals surface area contributed by atoms with Crippen molar-refractivity contribution in [1.82, 2.24) is 35.0 Å². The van der Waals surface area contributed by atoms with Gasteiger partial charge in [0.15, 0.2) is 17.3 Å². The Morgan fingerprint density at radius 1 is 0.829 bits per heavy atom. The predicted octanol–water partition coefficient (Wildman–Crippen LogP) is 4.40. The third kappa shape index (κ3) is 5.29. The van der Waals surface area contributed by atoms with E-state index in [1.165, 1.54) is 5.56 Å². The first-order valence-corrected chi connectivity index (χ1v) is 14.0. The van der Waals surface area contributed by atoms with E-state index in [2.05, 4.69) is 91.0 Å². The van der Waals surface area contributed by atoms with Gasteiger partial charge in [0.1, 0.15) is 13.2 Å². The zero-order chi connectivity index (χ0) is 27.4. The van der Waals surface area contributed by atoms with Gasteiger partial charge >= 0.3 is 0 Å². The zero-order valence-electron chi connectivity index (χ0n) is 22.7. The van der Waals surface area contributed by atoms with E-state index in [1.807, 2.05) is 41.2 Å². The van der Waals surface area contributed by atoms with E-state index in [9.17, 15) is 0 Å².